The Morgan fingerprint density at radius 2 is 2.20 bits per heavy atom. The van der Waals surface area contributed by atoms with Gasteiger partial charge in [0.05, 0.1) is 5.37 Å². The molecular weight excluding hydrogens is 220 g/mol. The average Bonchev–Trinajstić information content (AvgIpc) is 2.70. The number of alkyl halides is 2. The van der Waals surface area contributed by atoms with Crippen LogP contribution < -0.4 is 10.1 Å². The van der Waals surface area contributed by atoms with Gasteiger partial charge >= 0.3 is 6.61 Å². The van der Waals surface area contributed by atoms with Gasteiger partial charge in [-0.05, 0) is 6.07 Å². The van der Waals surface area contributed by atoms with Gasteiger partial charge in [0.2, 0.25) is 0 Å². The highest BCUT2D eigenvalue weighted by Crippen LogP contribution is 2.35. The summed E-state index contributed by atoms with van der Waals surface area (Å²) in [5, 5.41) is 3.29. The molecule has 0 radical (unpaired) electrons. The van der Waals surface area contributed by atoms with E-state index < -0.39 is 6.61 Å². The Labute approximate surface area is 91.0 Å². The molecule has 1 N–H and O–H groups in total. The standard InChI is InChI=1S/C10H11F2NOS/c11-10(12)14-8-4-2-1-3-7(8)9-13-5-6-15-9/h1-4,9-10,13H,5-6H2. The lowest BCUT2D eigenvalue weighted by Gasteiger charge is -2.15. The summed E-state index contributed by atoms with van der Waals surface area (Å²) in [5.74, 6) is 1.26. The van der Waals surface area contributed by atoms with E-state index in [9.17, 15) is 8.78 Å². The van der Waals surface area contributed by atoms with Crippen LogP contribution in [0.3, 0.4) is 0 Å². The maximum Gasteiger partial charge on any atom is 0.387 e. The zero-order valence-electron chi connectivity index (χ0n) is 7.95. The van der Waals surface area contributed by atoms with Gasteiger partial charge in [-0.15, -0.1) is 11.8 Å². The zero-order chi connectivity index (χ0) is 10.7. The van der Waals surface area contributed by atoms with E-state index in [2.05, 4.69) is 10.1 Å². The number of para-hydroxylation sites is 1. The maximum absolute atomic E-state index is 12.1. The number of thioether (sulfide) groups is 1. The van der Waals surface area contributed by atoms with Crippen molar-refractivity contribution >= 4 is 11.8 Å². The molecular formula is C10H11F2NOS. The van der Waals surface area contributed by atoms with E-state index in [-0.39, 0.29) is 11.1 Å². The van der Waals surface area contributed by atoms with Gasteiger partial charge in [-0.2, -0.15) is 8.78 Å². The first-order valence-corrected chi connectivity index (χ1v) is 5.71. The third-order valence-electron chi connectivity index (χ3n) is 2.13. The average molecular weight is 231 g/mol. The third kappa shape index (κ3) is 2.60. The van der Waals surface area contributed by atoms with Gasteiger partial charge in [0.25, 0.3) is 0 Å². The molecule has 1 aromatic rings. The fourth-order valence-corrected chi connectivity index (χ4v) is 2.61. The van der Waals surface area contributed by atoms with Crippen LogP contribution in [0.15, 0.2) is 24.3 Å². The summed E-state index contributed by atoms with van der Waals surface area (Å²) in [6, 6.07) is 6.91. The quantitative estimate of drug-likeness (QED) is 0.864. The summed E-state index contributed by atoms with van der Waals surface area (Å²) < 4.78 is 28.7. The zero-order valence-corrected chi connectivity index (χ0v) is 8.77. The van der Waals surface area contributed by atoms with E-state index in [1.165, 1.54) is 0 Å². The molecule has 15 heavy (non-hydrogen) atoms. The number of halogens is 2. The Hall–Kier alpha value is -0.810. The highest BCUT2D eigenvalue weighted by Gasteiger charge is 2.21. The van der Waals surface area contributed by atoms with Crippen LogP contribution in [0.25, 0.3) is 0 Å². The van der Waals surface area contributed by atoms with Crippen molar-refractivity contribution in [2.45, 2.75) is 12.0 Å². The summed E-state index contributed by atoms with van der Waals surface area (Å²) in [6.07, 6.45) is 0. The van der Waals surface area contributed by atoms with Gasteiger partial charge in [-0.1, -0.05) is 18.2 Å². The van der Waals surface area contributed by atoms with Crippen molar-refractivity contribution in [3.8, 4) is 5.75 Å². The smallest absolute Gasteiger partial charge is 0.387 e. The van der Waals surface area contributed by atoms with Crippen LogP contribution in [-0.2, 0) is 0 Å². The van der Waals surface area contributed by atoms with Crippen molar-refractivity contribution in [3.05, 3.63) is 29.8 Å². The van der Waals surface area contributed by atoms with Crippen LogP contribution in [0, 0.1) is 0 Å². The fourth-order valence-electron chi connectivity index (χ4n) is 1.53. The van der Waals surface area contributed by atoms with Crippen LogP contribution in [0.1, 0.15) is 10.9 Å². The second kappa shape index (κ2) is 4.81. The Morgan fingerprint density at radius 3 is 2.87 bits per heavy atom. The molecule has 82 valence electrons. The van der Waals surface area contributed by atoms with Crippen molar-refractivity contribution < 1.29 is 13.5 Å². The Balaban J connectivity index is 2.20. The fraction of sp³-hybridized carbons (Fsp3) is 0.400. The van der Waals surface area contributed by atoms with E-state index >= 15 is 0 Å². The first-order chi connectivity index (χ1) is 7.27. The summed E-state index contributed by atoms with van der Waals surface area (Å²) in [4.78, 5) is 0. The summed E-state index contributed by atoms with van der Waals surface area (Å²) >= 11 is 1.70. The predicted octanol–water partition coefficient (Wildman–Crippen LogP) is 2.62. The van der Waals surface area contributed by atoms with Crippen LogP contribution in [0.2, 0.25) is 0 Å². The van der Waals surface area contributed by atoms with Gasteiger partial charge in [0.15, 0.2) is 0 Å². The molecule has 1 aliphatic rings. The number of hydrogen-bond donors (Lipinski definition) is 1. The van der Waals surface area contributed by atoms with E-state index in [1.807, 2.05) is 12.1 Å². The van der Waals surface area contributed by atoms with Gasteiger partial charge in [0.1, 0.15) is 5.75 Å². The topological polar surface area (TPSA) is 21.3 Å². The molecule has 0 saturated carbocycles. The van der Waals surface area contributed by atoms with E-state index in [4.69, 9.17) is 0 Å². The summed E-state index contributed by atoms with van der Waals surface area (Å²) in [6.45, 7) is -1.87. The van der Waals surface area contributed by atoms with Crippen LogP contribution >= 0.6 is 11.8 Å². The lowest BCUT2D eigenvalue weighted by atomic mass is 10.2. The van der Waals surface area contributed by atoms with E-state index in [0.29, 0.717) is 0 Å². The van der Waals surface area contributed by atoms with E-state index in [1.54, 1.807) is 23.9 Å². The maximum atomic E-state index is 12.1. The third-order valence-corrected chi connectivity index (χ3v) is 3.33. The number of rotatable bonds is 3. The second-order valence-electron chi connectivity index (χ2n) is 3.12. The molecule has 1 atom stereocenters. The molecule has 1 aliphatic heterocycles. The molecule has 0 bridgehead atoms. The van der Waals surface area contributed by atoms with Gasteiger partial charge < -0.3 is 10.1 Å². The normalized spacial score (nSPS) is 20.9. The summed E-state index contributed by atoms with van der Waals surface area (Å²) in [5.41, 5.74) is 0.792. The minimum atomic E-state index is -2.77. The number of ether oxygens (including phenoxy) is 1. The molecule has 1 heterocycles. The van der Waals surface area contributed by atoms with Crippen molar-refractivity contribution in [3.63, 3.8) is 0 Å². The predicted molar refractivity (Wildman–Crippen MR) is 56.3 cm³/mol. The second-order valence-corrected chi connectivity index (χ2v) is 4.33. The minimum absolute atomic E-state index is 0.0694. The Bertz CT molecular complexity index is 329. The van der Waals surface area contributed by atoms with Crippen molar-refractivity contribution in [1.82, 2.24) is 5.32 Å². The van der Waals surface area contributed by atoms with E-state index in [0.717, 1.165) is 17.9 Å². The molecule has 2 nitrogen and oxygen atoms in total. The molecule has 0 aliphatic carbocycles. The molecule has 1 unspecified atom stereocenters. The van der Waals surface area contributed by atoms with Gasteiger partial charge in [-0.3, -0.25) is 0 Å². The van der Waals surface area contributed by atoms with Gasteiger partial charge in [0, 0.05) is 17.9 Å². The summed E-state index contributed by atoms with van der Waals surface area (Å²) in [7, 11) is 0. The van der Waals surface area contributed by atoms with Crippen LogP contribution in [0.4, 0.5) is 8.78 Å². The largest absolute Gasteiger partial charge is 0.434 e. The lowest BCUT2D eigenvalue weighted by molar-refractivity contribution is -0.0505. The lowest BCUT2D eigenvalue weighted by Crippen LogP contribution is -2.14. The molecule has 1 fully saturated rings. The number of benzene rings is 1. The number of hydrogen-bond acceptors (Lipinski definition) is 3. The van der Waals surface area contributed by atoms with Crippen LogP contribution in [-0.4, -0.2) is 18.9 Å². The number of nitrogens with one attached hydrogen (secondary N) is 1. The van der Waals surface area contributed by atoms with Crippen molar-refractivity contribution in [1.29, 1.82) is 0 Å². The molecule has 2 rings (SSSR count). The first-order valence-electron chi connectivity index (χ1n) is 4.66. The molecule has 1 aromatic carbocycles. The highest BCUT2D eigenvalue weighted by atomic mass is 32.2. The SMILES string of the molecule is FC(F)Oc1ccccc1C1NCCS1. The molecule has 0 amide bonds. The van der Waals surface area contributed by atoms with Crippen molar-refractivity contribution in [2.24, 2.45) is 0 Å². The Kier molecular flexibility index (Phi) is 3.43. The molecule has 0 spiro atoms. The monoisotopic (exact) mass is 231 g/mol. The molecule has 1 saturated heterocycles. The van der Waals surface area contributed by atoms with Crippen LogP contribution in [0.5, 0.6) is 5.75 Å². The first kappa shape index (κ1) is 10.7. The van der Waals surface area contributed by atoms with Gasteiger partial charge in [-0.25, -0.2) is 0 Å². The molecule has 0 aromatic heterocycles. The minimum Gasteiger partial charge on any atom is -0.434 e. The Morgan fingerprint density at radius 1 is 1.40 bits per heavy atom. The highest BCUT2D eigenvalue weighted by molar-refractivity contribution is 7.99. The molecule has 5 heteroatoms. The van der Waals surface area contributed by atoms with Crippen molar-refractivity contribution in [2.75, 3.05) is 12.3 Å².